The summed E-state index contributed by atoms with van der Waals surface area (Å²) < 4.78 is 5.49. The van der Waals surface area contributed by atoms with E-state index in [9.17, 15) is 9.90 Å². The molecule has 1 aromatic heterocycles. The topological polar surface area (TPSA) is 95.8 Å². The van der Waals surface area contributed by atoms with Crippen molar-refractivity contribution in [1.82, 2.24) is 14.8 Å². The van der Waals surface area contributed by atoms with E-state index < -0.39 is 6.04 Å². The number of rotatable bonds is 6. The molecule has 1 amide bonds. The Morgan fingerprint density at radius 1 is 1.03 bits per heavy atom. The number of aromatic nitrogens is 1. The fourth-order valence-corrected chi connectivity index (χ4v) is 3.64. The van der Waals surface area contributed by atoms with Gasteiger partial charge in [-0.15, -0.1) is 0 Å². The van der Waals surface area contributed by atoms with Crippen LogP contribution in [0, 0.1) is 0 Å². The molecular weight excluding hydrogens is 380 g/mol. The number of aromatic hydroxyl groups is 1. The second kappa shape index (κ2) is 9.11. The first-order chi connectivity index (χ1) is 14.6. The molecule has 0 saturated carbocycles. The van der Waals surface area contributed by atoms with Crippen LogP contribution in [0.15, 0.2) is 65.3 Å². The number of benzene rings is 2. The average Bonchev–Trinajstić information content (AvgIpc) is 3.27. The normalized spacial score (nSPS) is 15.8. The highest BCUT2D eigenvalue weighted by Crippen LogP contribution is 2.19. The van der Waals surface area contributed by atoms with Gasteiger partial charge in [0.1, 0.15) is 12.0 Å². The van der Waals surface area contributed by atoms with Crippen LogP contribution in [0.4, 0.5) is 0 Å². The smallest absolute Gasteiger partial charge is 0.275 e. The molecule has 1 aliphatic rings. The zero-order chi connectivity index (χ0) is 20.9. The minimum atomic E-state index is -0.459. The van der Waals surface area contributed by atoms with E-state index in [0.717, 1.165) is 25.2 Å². The summed E-state index contributed by atoms with van der Waals surface area (Å²) in [4.78, 5) is 21.3. The van der Waals surface area contributed by atoms with Gasteiger partial charge in [-0.3, -0.25) is 9.69 Å². The van der Waals surface area contributed by atoms with Gasteiger partial charge in [0, 0.05) is 32.7 Å². The molecule has 0 aliphatic carbocycles. The first-order valence-electron chi connectivity index (χ1n) is 10.1. The van der Waals surface area contributed by atoms with Crippen molar-refractivity contribution in [3.63, 3.8) is 0 Å². The first kappa shape index (κ1) is 20.1. The van der Waals surface area contributed by atoms with E-state index in [0.29, 0.717) is 31.1 Å². The van der Waals surface area contributed by atoms with Gasteiger partial charge < -0.3 is 20.2 Å². The lowest BCUT2D eigenvalue weighted by molar-refractivity contribution is 0.0622. The van der Waals surface area contributed by atoms with Crippen LogP contribution in [0.2, 0.25) is 0 Å². The molecule has 1 atom stereocenters. The van der Waals surface area contributed by atoms with Gasteiger partial charge in [-0.25, -0.2) is 4.98 Å². The number of amides is 1. The minimum Gasteiger partial charge on any atom is -0.508 e. The minimum absolute atomic E-state index is 0.124. The van der Waals surface area contributed by atoms with E-state index in [2.05, 4.69) is 22.0 Å². The van der Waals surface area contributed by atoms with Crippen molar-refractivity contribution in [3.05, 3.63) is 83.6 Å². The summed E-state index contributed by atoms with van der Waals surface area (Å²) in [6.07, 6.45) is 1.90. The lowest BCUT2D eigenvalue weighted by Gasteiger charge is -2.34. The zero-order valence-corrected chi connectivity index (χ0v) is 16.8. The first-order valence-corrected chi connectivity index (χ1v) is 10.1. The Bertz CT molecular complexity index is 964. The standard InChI is InChI=1S/C23H26N4O3/c24-20(14-17-6-8-19(28)9-7-17)22-25-21(16-30-22)23(29)27-12-10-26(11-13-27)15-18-4-2-1-3-5-18/h1-9,16,20,28H,10-15,24H2. The van der Waals surface area contributed by atoms with Crippen LogP contribution in [0.5, 0.6) is 5.75 Å². The summed E-state index contributed by atoms with van der Waals surface area (Å²) in [7, 11) is 0. The molecule has 0 spiro atoms. The van der Waals surface area contributed by atoms with Gasteiger partial charge in [-0.1, -0.05) is 42.5 Å². The summed E-state index contributed by atoms with van der Waals surface area (Å²) in [5, 5.41) is 9.38. The third-order valence-electron chi connectivity index (χ3n) is 5.36. The van der Waals surface area contributed by atoms with Crippen LogP contribution >= 0.6 is 0 Å². The monoisotopic (exact) mass is 406 g/mol. The summed E-state index contributed by atoms with van der Waals surface area (Å²) in [6.45, 7) is 3.86. The number of phenolic OH excluding ortho intramolecular Hbond substituents is 1. The van der Waals surface area contributed by atoms with Crippen molar-refractivity contribution in [1.29, 1.82) is 0 Å². The van der Waals surface area contributed by atoms with Crippen LogP contribution in [-0.2, 0) is 13.0 Å². The number of oxazole rings is 1. The van der Waals surface area contributed by atoms with E-state index in [1.165, 1.54) is 11.8 Å². The van der Waals surface area contributed by atoms with Crippen LogP contribution in [0.25, 0.3) is 0 Å². The molecule has 0 bridgehead atoms. The van der Waals surface area contributed by atoms with E-state index >= 15 is 0 Å². The number of nitrogens with zero attached hydrogens (tertiary/aromatic N) is 3. The van der Waals surface area contributed by atoms with Crippen LogP contribution in [0.3, 0.4) is 0 Å². The predicted molar refractivity (Wildman–Crippen MR) is 113 cm³/mol. The quantitative estimate of drug-likeness (QED) is 0.653. The largest absolute Gasteiger partial charge is 0.508 e. The lowest BCUT2D eigenvalue weighted by Crippen LogP contribution is -2.48. The van der Waals surface area contributed by atoms with Crippen LogP contribution in [0.1, 0.15) is 33.5 Å². The summed E-state index contributed by atoms with van der Waals surface area (Å²) in [6, 6.07) is 16.7. The van der Waals surface area contributed by atoms with Crippen molar-refractivity contribution in [2.45, 2.75) is 19.0 Å². The Kier molecular flexibility index (Phi) is 6.11. The van der Waals surface area contributed by atoms with Crippen molar-refractivity contribution in [2.24, 2.45) is 5.73 Å². The third-order valence-corrected chi connectivity index (χ3v) is 5.36. The molecule has 1 unspecified atom stereocenters. The molecule has 30 heavy (non-hydrogen) atoms. The molecule has 0 radical (unpaired) electrons. The highest BCUT2D eigenvalue weighted by molar-refractivity contribution is 5.92. The maximum absolute atomic E-state index is 12.8. The Morgan fingerprint density at radius 2 is 1.73 bits per heavy atom. The van der Waals surface area contributed by atoms with E-state index in [4.69, 9.17) is 10.2 Å². The van der Waals surface area contributed by atoms with Gasteiger partial charge in [-0.2, -0.15) is 0 Å². The van der Waals surface area contributed by atoms with E-state index in [1.54, 1.807) is 24.3 Å². The molecule has 3 N–H and O–H groups in total. The van der Waals surface area contributed by atoms with E-state index in [1.807, 2.05) is 23.1 Å². The molecule has 156 valence electrons. The molecule has 1 saturated heterocycles. The van der Waals surface area contributed by atoms with Crippen LogP contribution in [-0.4, -0.2) is 52.0 Å². The van der Waals surface area contributed by atoms with Gasteiger partial charge >= 0.3 is 0 Å². The number of hydrogen-bond donors (Lipinski definition) is 2. The zero-order valence-electron chi connectivity index (χ0n) is 16.8. The second-order valence-electron chi connectivity index (χ2n) is 7.60. The Balaban J connectivity index is 1.31. The van der Waals surface area contributed by atoms with Crippen molar-refractivity contribution in [3.8, 4) is 5.75 Å². The maximum atomic E-state index is 12.8. The third kappa shape index (κ3) is 4.87. The average molecular weight is 406 g/mol. The lowest BCUT2D eigenvalue weighted by atomic mass is 10.1. The summed E-state index contributed by atoms with van der Waals surface area (Å²) in [5.74, 6) is 0.426. The number of phenols is 1. The highest BCUT2D eigenvalue weighted by Gasteiger charge is 2.25. The van der Waals surface area contributed by atoms with Gasteiger partial charge in [0.2, 0.25) is 5.89 Å². The molecule has 2 heterocycles. The fourth-order valence-electron chi connectivity index (χ4n) is 3.64. The van der Waals surface area contributed by atoms with Crippen LogP contribution < -0.4 is 5.73 Å². The summed E-state index contributed by atoms with van der Waals surface area (Å²) >= 11 is 0. The number of carbonyl (C=O) groups is 1. The van der Waals surface area contributed by atoms with Crippen molar-refractivity contribution in [2.75, 3.05) is 26.2 Å². The molecule has 1 fully saturated rings. The Labute approximate surface area is 175 Å². The molecule has 7 nitrogen and oxygen atoms in total. The maximum Gasteiger partial charge on any atom is 0.275 e. The Hall–Kier alpha value is -3.16. The molecular formula is C23H26N4O3. The van der Waals surface area contributed by atoms with Gasteiger partial charge in [0.05, 0.1) is 6.04 Å². The predicted octanol–water partition coefficient (Wildman–Crippen LogP) is 2.58. The highest BCUT2D eigenvalue weighted by atomic mass is 16.3. The second-order valence-corrected chi connectivity index (χ2v) is 7.60. The van der Waals surface area contributed by atoms with E-state index in [-0.39, 0.29) is 11.7 Å². The number of piperazine rings is 1. The number of nitrogens with two attached hydrogens (primary N) is 1. The molecule has 2 aromatic carbocycles. The van der Waals surface area contributed by atoms with Gasteiger partial charge in [-0.05, 0) is 29.7 Å². The van der Waals surface area contributed by atoms with Crippen molar-refractivity contribution < 1.29 is 14.3 Å². The fraction of sp³-hybridized carbons (Fsp3) is 0.304. The molecule has 7 heteroatoms. The summed E-state index contributed by atoms with van der Waals surface area (Å²) in [5.41, 5.74) is 8.73. The number of carbonyl (C=O) groups excluding carboxylic acids is 1. The van der Waals surface area contributed by atoms with Gasteiger partial charge in [0.25, 0.3) is 5.91 Å². The molecule has 4 rings (SSSR count). The SMILES string of the molecule is NC(Cc1ccc(O)cc1)c1nc(C(=O)N2CCN(Cc3ccccc3)CC2)co1. The molecule has 3 aromatic rings. The number of hydrogen-bond acceptors (Lipinski definition) is 6. The molecule has 1 aliphatic heterocycles. The van der Waals surface area contributed by atoms with Gasteiger partial charge in [0.15, 0.2) is 5.69 Å². The van der Waals surface area contributed by atoms with Crippen molar-refractivity contribution >= 4 is 5.91 Å². The Morgan fingerprint density at radius 3 is 2.43 bits per heavy atom.